The van der Waals surface area contributed by atoms with Crippen LogP contribution >= 0.6 is 11.6 Å². The van der Waals surface area contributed by atoms with Gasteiger partial charge in [0.05, 0.1) is 10.7 Å². The molecule has 2 rings (SSSR count). The molecule has 0 aliphatic heterocycles. The van der Waals surface area contributed by atoms with Gasteiger partial charge in [-0.1, -0.05) is 23.7 Å². The molecule has 4 nitrogen and oxygen atoms in total. The Hall–Kier alpha value is -2.02. The molecule has 0 fully saturated rings. The third-order valence-electron chi connectivity index (χ3n) is 3.06. The van der Waals surface area contributed by atoms with Crippen molar-refractivity contribution in [2.45, 2.75) is 26.4 Å². The molecule has 1 heterocycles. The summed E-state index contributed by atoms with van der Waals surface area (Å²) in [7, 11) is 0. The maximum absolute atomic E-state index is 12.8. The molecule has 0 unspecified atom stereocenters. The molecule has 0 saturated heterocycles. The van der Waals surface area contributed by atoms with E-state index in [0.29, 0.717) is 5.69 Å². The Labute approximate surface area is 129 Å². The number of hydrogen-bond donors (Lipinski definition) is 1. The molecule has 1 amide bonds. The second-order valence-corrected chi connectivity index (χ2v) is 5.02. The molecular weight excluding hydrogens is 319 g/mol. The average Bonchev–Trinajstić information content (AvgIpc) is 2.75. The fourth-order valence-electron chi connectivity index (χ4n) is 1.84. The van der Waals surface area contributed by atoms with E-state index in [1.165, 1.54) is 19.1 Å². The normalized spacial score (nSPS) is 11.0. The van der Waals surface area contributed by atoms with Gasteiger partial charge in [0.15, 0.2) is 0 Å². The van der Waals surface area contributed by atoms with Gasteiger partial charge in [0, 0.05) is 6.54 Å². The fourth-order valence-corrected chi connectivity index (χ4v) is 2.05. The number of aromatic nitrogens is 2. The van der Waals surface area contributed by atoms with Crippen LogP contribution in [0.5, 0.6) is 0 Å². The van der Waals surface area contributed by atoms with E-state index in [0.717, 1.165) is 10.2 Å². The third-order valence-corrected chi connectivity index (χ3v) is 3.53. The number of halogens is 4. The molecule has 1 aromatic carbocycles. The molecule has 2 aromatic rings. The van der Waals surface area contributed by atoms with Gasteiger partial charge in [-0.3, -0.25) is 9.48 Å². The molecule has 0 radical (unpaired) electrons. The summed E-state index contributed by atoms with van der Waals surface area (Å²) in [5.74, 6) is -0.774. The fraction of sp³-hybridized carbons (Fsp3) is 0.286. The summed E-state index contributed by atoms with van der Waals surface area (Å²) in [5.41, 5.74) is 0.484. The van der Waals surface area contributed by atoms with E-state index < -0.39 is 18.0 Å². The minimum atomic E-state index is -2.80. The van der Waals surface area contributed by atoms with Gasteiger partial charge in [-0.05, 0) is 24.6 Å². The summed E-state index contributed by atoms with van der Waals surface area (Å²) in [4.78, 5) is 11.8. The Morgan fingerprint density at radius 2 is 2.00 bits per heavy atom. The van der Waals surface area contributed by atoms with Crippen LogP contribution in [0.3, 0.4) is 0 Å². The summed E-state index contributed by atoms with van der Waals surface area (Å²) in [5, 5.41) is 6.10. The lowest BCUT2D eigenvalue weighted by atomic mass is 10.2. The highest BCUT2D eigenvalue weighted by molar-refractivity contribution is 6.31. The number of amides is 1. The summed E-state index contributed by atoms with van der Waals surface area (Å²) in [6.07, 6.45) is -2.80. The zero-order valence-corrected chi connectivity index (χ0v) is 12.4. The second-order valence-electron chi connectivity index (χ2n) is 4.65. The Bertz CT molecular complexity index is 671. The van der Waals surface area contributed by atoms with Gasteiger partial charge in [-0.25, -0.2) is 13.2 Å². The number of carbonyl (C=O) groups is 1. The van der Waals surface area contributed by atoms with Crippen molar-refractivity contribution in [1.82, 2.24) is 15.1 Å². The van der Waals surface area contributed by atoms with E-state index >= 15 is 0 Å². The number of carbonyl (C=O) groups excluding carboxylic acids is 1. The van der Waals surface area contributed by atoms with Crippen LogP contribution in [0.2, 0.25) is 5.02 Å². The lowest BCUT2D eigenvalue weighted by Crippen LogP contribution is -2.28. The molecule has 0 saturated carbocycles. The molecule has 0 spiro atoms. The highest BCUT2D eigenvalue weighted by Crippen LogP contribution is 2.28. The maximum atomic E-state index is 12.8. The van der Waals surface area contributed by atoms with Gasteiger partial charge in [0.2, 0.25) is 5.91 Å². The molecule has 118 valence electrons. The summed E-state index contributed by atoms with van der Waals surface area (Å²) >= 11 is 5.75. The van der Waals surface area contributed by atoms with Gasteiger partial charge in [-0.2, -0.15) is 5.10 Å². The standard InChI is InChI=1S/C14H13ClF3N3O/c1-8-12(15)13(14(17)18)20-21(8)7-11(22)19-6-9-2-4-10(16)5-3-9/h2-5,14H,6-7H2,1H3,(H,19,22). The number of alkyl halides is 2. The van der Waals surface area contributed by atoms with Gasteiger partial charge in [-0.15, -0.1) is 0 Å². The second kappa shape index (κ2) is 6.83. The predicted molar refractivity (Wildman–Crippen MR) is 75.2 cm³/mol. The van der Waals surface area contributed by atoms with Crippen molar-refractivity contribution in [2.24, 2.45) is 0 Å². The minimum Gasteiger partial charge on any atom is -0.350 e. The van der Waals surface area contributed by atoms with Crippen LogP contribution < -0.4 is 5.32 Å². The van der Waals surface area contributed by atoms with Crippen molar-refractivity contribution in [3.63, 3.8) is 0 Å². The molecule has 0 bridgehead atoms. The molecule has 1 aromatic heterocycles. The van der Waals surface area contributed by atoms with Crippen LogP contribution in [0.25, 0.3) is 0 Å². The number of hydrogen-bond acceptors (Lipinski definition) is 2. The first-order chi connectivity index (χ1) is 10.4. The quantitative estimate of drug-likeness (QED) is 0.914. The summed E-state index contributed by atoms with van der Waals surface area (Å²) in [6, 6.07) is 5.66. The Morgan fingerprint density at radius 1 is 1.36 bits per heavy atom. The van der Waals surface area contributed by atoms with Crippen LogP contribution in [-0.2, 0) is 17.9 Å². The van der Waals surface area contributed by atoms with Crippen molar-refractivity contribution in [3.8, 4) is 0 Å². The summed E-state index contributed by atoms with van der Waals surface area (Å²) < 4.78 is 39.2. The average molecular weight is 332 g/mol. The number of rotatable bonds is 5. The minimum absolute atomic E-state index is 0.138. The zero-order chi connectivity index (χ0) is 16.3. The first-order valence-electron chi connectivity index (χ1n) is 6.40. The zero-order valence-electron chi connectivity index (χ0n) is 11.6. The largest absolute Gasteiger partial charge is 0.350 e. The van der Waals surface area contributed by atoms with Crippen molar-refractivity contribution in [1.29, 1.82) is 0 Å². The van der Waals surface area contributed by atoms with E-state index in [-0.39, 0.29) is 23.9 Å². The maximum Gasteiger partial charge on any atom is 0.283 e. The van der Waals surface area contributed by atoms with Crippen LogP contribution in [0.4, 0.5) is 13.2 Å². The first-order valence-corrected chi connectivity index (χ1v) is 6.78. The third kappa shape index (κ3) is 3.79. The Morgan fingerprint density at radius 3 is 2.55 bits per heavy atom. The predicted octanol–water partition coefficient (Wildman–Crippen LogP) is 3.24. The van der Waals surface area contributed by atoms with Crippen LogP contribution in [-0.4, -0.2) is 15.7 Å². The van der Waals surface area contributed by atoms with E-state index in [1.54, 1.807) is 12.1 Å². The van der Waals surface area contributed by atoms with Crippen molar-refractivity contribution in [3.05, 3.63) is 52.1 Å². The van der Waals surface area contributed by atoms with Crippen LogP contribution in [0.15, 0.2) is 24.3 Å². The highest BCUT2D eigenvalue weighted by Gasteiger charge is 2.21. The number of benzene rings is 1. The van der Waals surface area contributed by atoms with E-state index in [2.05, 4.69) is 10.4 Å². The topological polar surface area (TPSA) is 46.9 Å². The Balaban J connectivity index is 1.97. The van der Waals surface area contributed by atoms with Crippen molar-refractivity contribution < 1.29 is 18.0 Å². The number of nitrogens with one attached hydrogen (secondary N) is 1. The molecule has 0 aliphatic rings. The number of nitrogens with zero attached hydrogens (tertiary/aromatic N) is 2. The first kappa shape index (κ1) is 16.4. The van der Waals surface area contributed by atoms with Crippen LogP contribution in [0.1, 0.15) is 23.4 Å². The lowest BCUT2D eigenvalue weighted by molar-refractivity contribution is -0.122. The molecule has 22 heavy (non-hydrogen) atoms. The van der Waals surface area contributed by atoms with Crippen LogP contribution in [0, 0.1) is 12.7 Å². The SMILES string of the molecule is Cc1c(Cl)c(C(F)F)nn1CC(=O)NCc1ccc(F)cc1. The molecule has 8 heteroatoms. The van der Waals surface area contributed by atoms with E-state index in [9.17, 15) is 18.0 Å². The molecule has 0 atom stereocenters. The van der Waals surface area contributed by atoms with E-state index in [4.69, 9.17) is 11.6 Å². The lowest BCUT2D eigenvalue weighted by Gasteiger charge is -2.07. The smallest absolute Gasteiger partial charge is 0.283 e. The van der Waals surface area contributed by atoms with Gasteiger partial charge < -0.3 is 5.32 Å². The summed E-state index contributed by atoms with van der Waals surface area (Å²) in [6.45, 7) is 1.49. The van der Waals surface area contributed by atoms with E-state index in [1.807, 2.05) is 0 Å². The van der Waals surface area contributed by atoms with Gasteiger partial charge in [0.25, 0.3) is 6.43 Å². The monoisotopic (exact) mass is 331 g/mol. The van der Waals surface area contributed by atoms with Crippen molar-refractivity contribution in [2.75, 3.05) is 0 Å². The van der Waals surface area contributed by atoms with Gasteiger partial charge >= 0.3 is 0 Å². The van der Waals surface area contributed by atoms with Gasteiger partial charge in [0.1, 0.15) is 18.1 Å². The molecular formula is C14H13ClF3N3O. The molecule has 0 aliphatic carbocycles. The van der Waals surface area contributed by atoms with Crippen molar-refractivity contribution >= 4 is 17.5 Å². The Kier molecular flexibility index (Phi) is 5.07. The molecule has 1 N–H and O–H groups in total. The highest BCUT2D eigenvalue weighted by atomic mass is 35.5.